The van der Waals surface area contributed by atoms with Crippen LogP contribution in [0, 0.1) is 10.1 Å². The van der Waals surface area contributed by atoms with Crippen LogP contribution in [0.25, 0.3) is 0 Å². The summed E-state index contributed by atoms with van der Waals surface area (Å²) in [7, 11) is 0. The van der Waals surface area contributed by atoms with Gasteiger partial charge < -0.3 is 14.8 Å². The summed E-state index contributed by atoms with van der Waals surface area (Å²) in [5.41, 5.74) is -0.721. The lowest BCUT2D eigenvalue weighted by molar-refractivity contribution is -0.384. The zero-order chi connectivity index (χ0) is 20.0. The van der Waals surface area contributed by atoms with E-state index in [2.05, 4.69) is 10.1 Å². The fraction of sp³-hybridized carbons (Fsp3) is 0.125. The van der Waals surface area contributed by atoms with Gasteiger partial charge in [-0.25, -0.2) is 4.79 Å². The van der Waals surface area contributed by atoms with Crippen LogP contribution in [-0.2, 0) is 9.53 Å². The molecule has 0 bridgehead atoms. The van der Waals surface area contributed by atoms with Gasteiger partial charge in [0.2, 0.25) is 0 Å². The van der Waals surface area contributed by atoms with Gasteiger partial charge >= 0.3 is 12.6 Å². The molecule has 11 heteroatoms. The molecule has 0 aliphatic carbocycles. The van der Waals surface area contributed by atoms with Crippen molar-refractivity contribution in [3.8, 4) is 5.75 Å². The highest BCUT2D eigenvalue weighted by molar-refractivity contribution is 6.33. The van der Waals surface area contributed by atoms with Crippen molar-refractivity contribution in [1.29, 1.82) is 0 Å². The summed E-state index contributed by atoms with van der Waals surface area (Å²) in [6, 6.07) is 8.60. The van der Waals surface area contributed by atoms with Crippen LogP contribution in [0.5, 0.6) is 5.75 Å². The number of nitrogens with one attached hydrogen (secondary N) is 1. The highest BCUT2D eigenvalue weighted by Crippen LogP contribution is 2.26. The third-order valence-electron chi connectivity index (χ3n) is 3.09. The molecule has 27 heavy (non-hydrogen) atoms. The van der Waals surface area contributed by atoms with Crippen molar-refractivity contribution in [2.45, 2.75) is 6.61 Å². The first kappa shape index (κ1) is 20.0. The number of anilines is 1. The van der Waals surface area contributed by atoms with Crippen molar-refractivity contribution in [2.24, 2.45) is 0 Å². The second kappa shape index (κ2) is 8.90. The van der Waals surface area contributed by atoms with E-state index in [1.165, 1.54) is 24.3 Å². The number of benzene rings is 2. The van der Waals surface area contributed by atoms with Crippen LogP contribution in [-0.4, -0.2) is 30.0 Å². The van der Waals surface area contributed by atoms with Crippen LogP contribution in [0.15, 0.2) is 42.5 Å². The minimum Gasteiger partial charge on any atom is -0.452 e. The molecule has 0 spiro atoms. The zero-order valence-electron chi connectivity index (χ0n) is 13.4. The number of hydrogen-bond donors (Lipinski definition) is 1. The molecule has 0 saturated heterocycles. The number of ether oxygens (including phenoxy) is 2. The number of nitrogens with zero attached hydrogens (tertiary/aromatic N) is 1. The number of carbonyl (C=O) groups is 2. The molecule has 1 amide bonds. The summed E-state index contributed by atoms with van der Waals surface area (Å²) in [5, 5.41) is 12.9. The Morgan fingerprint density at radius 1 is 1.22 bits per heavy atom. The van der Waals surface area contributed by atoms with Gasteiger partial charge in [-0.3, -0.25) is 14.9 Å². The Labute approximate surface area is 155 Å². The third-order valence-corrected chi connectivity index (χ3v) is 3.42. The van der Waals surface area contributed by atoms with E-state index < -0.39 is 30.0 Å². The third kappa shape index (κ3) is 5.61. The normalized spacial score (nSPS) is 10.4. The predicted molar refractivity (Wildman–Crippen MR) is 90.1 cm³/mol. The first-order valence-corrected chi connectivity index (χ1v) is 7.60. The van der Waals surface area contributed by atoms with Crippen molar-refractivity contribution in [1.82, 2.24) is 0 Å². The van der Waals surface area contributed by atoms with Crippen molar-refractivity contribution in [2.75, 3.05) is 11.9 Å². The molecule has 2 rings (SSSR count). The van der Waals surface area contributed by atoms with Gasteiger partial charge in [-0.2, -0.15) is 8.78 Å². The summed E-state index contributed by atoms with van der Waals surface area (Å²) in [6.45, 7) is -3.86. The van der Waals surface area contributed by atoms with E-state index in [1.807, 2.05) is 0 Å². The lowest BCUT2D eigenvalue weighted by Crippen LogP contribution is -2.21. The monoisotopic (exact) mass is 400 g/mol. The van der Waals surface area contributed by atoms with Crippen LogP contribution in [0.4, 0.5) is 20.2 Å². The molecule has 0 aliphatic rings. The Morgan fingerprint density at radius 3 is 2.59 bits per heavy atom. The molecule has 1 N–H and O–H groups in total. The van der Waals surface area contributed by atoms with Crippen LogP contribution < -0.4 is 10.1 Å². The van der Waals surface area contributed by atoms with E-state index in [0.717, 1.165) is 18.2 Å². The second-order valence-corrected chi connectivity index (χ2v) is 5.33. The Kier molecular flexibility index (Phi) is 6.61. The topological polar surface area (TPSA) is 108 Å². The van der Waals surface area contributed by atoms with Crippen LogP contribution in [0.2, 0.25) is 5.02 Å². The quantitative estimate of drug-likeness (QED) is 0.432. The van der Waals surface area contributed by atoms with Crippen molar-refractivity contribution < 1.29 is 32.8 Å². The van der Waals surface area contributed by atoms with Crippen LogP contribution in [0.1, 0.15) is 10.4 Å². The number of non-ortho nitro benzene ring substituents is 1. The minimum atomic E-state index is -3.09. The molecule has 0 heterocycles. The highest BCUT2D eigenvalue weighted by atomic mass is 35.5. The second-order valence-electron chi connectivity index (χ2n) is 4.92. The Balaban J connectivity index is 2.01. The number of amides is 1. The number of nitro benzene ring substituents is 1. The van der Waals surface area contributed by atoms with Crippen LogP contribution in [0.3, 0.4) is 0 Å². The maximum Gasteiger partial charge on any atom is 0.387 e. The fourth-order valence-electron chi connectivity index (χ4n) is 1.95. The van der Waals surface area contributed by atoms with Gasteiger partial charge in [0, 0.05) is 12.1 Å². The van der Waals surface area contributed by atoms with E-state index in [-0.39, 0.29) is 27.7 Å². The van der Waals surface area contributed by atoms with Crippen molar-refractivity contribution in [3.63, 3.8) is 0 Å². The number of hydrogen-bond acceptors (Lipinski definition) is 6. The largest absolute Gasteiger partial charge is 0.452 e. The first-order chi connectivity index (χ1) is 12.8. The standard InChI is InChI=1S/C16H11ClF2N2O6/c17-11-6-5-9(21(24)25)7-10(11)15(23)26-8-14(22)20-12-3-1-2-4-13(12)27-16(18)19/h1-7,16H,8H2,(H,20,22). The van der Waals surface area contributed by atoms with Crippen LogP contribution >= 0.6 is 11.6 Å². The average molecular weight is 401 g/mol. The molecule has 0 aromatic heterocycles. The number of para-hydroxylation sites is 2. The molecule has 8 nitrogen and oxygen atoms in total. The van der Waals surface area contributed by atoms with Gasteiger partial charge in [0.05, 0.1) is 21.2 Å². The van der Waals surface area contributed by atoms with Gasteiger partial charge in [-0.1, -0.05) is 23.7 Å². The summed E-state index contributed by atoms with van der Waals surface area (Å²) in [6.07, 6.45) is 0. The van der Waals surface area contributed by atoms with E-state index in [1.54, 1.807) is 0 Å². The summed E-state index contributed by atoms with van der Waals surface area (Å²) in [4.78, 5) is 33.9. The van der Waals surface area contributed by atoms with E-state index in [4.69, 9.17) is 16.3 Å². The molecule has 0 unspecified atom stereocenters. The fourth-order valence-corrected chi connectivity index (χ4v) is 2.14. The molecule has 0 fully saturated rings. The number of rotatable bonds is 7. The molecule has 0 radical (unpaired) electrons. The van der Waals surface area contributed by atoms with Gasteiger partial charge in [0.15, 0.2) is 6.61 Å². The van der Waals surface area contributed by atoms with Gasteiger partial charge in [-0.15, -0.1) is 0 Å². The Hall–Kier alpha value is -3.27. The molecule has 0 atom stereocenters. The highest BCUT2D eigenvalue weighted by Gasteiger charge is 2.19. The summed E-state index contributed by atoms with van der Waals surface area (Å²) >= 11 is 5.80. The van der Waals surface area contributed by atoms with Gasteiger partial charge in [-0.05, 0) is 18.2 Å². The van der Waals surface area contributed by atoms with Crippen molar-refractivity contribution in [3.05, 3.63) is 63.2 Å². The van der Waals surface area contributed by atoms with E-state index in [9.17, 15) is 28.5 Å². The van der Waals surface area contributed by atoms with Gasteiger partial charge in [0.25, 0.3) is 11.6 Å². The predicted octanol–water partition coefficient (Wildman–Crippen LogP) is 3.65. The molecule has 2 aromatic carbocycles. The summed E-state index contributed by atoms with van der Waals surface area (Å²) < 4.78 is 33.7. The molecular weight excluding hydrogens is 390 g/mol. The smallest absolute Gasteiger partial charge is 0.387 e. The number of halogens is 3. The summed E-state index contributed by atoms with van der Waals surface area (Å²) in [5.74, 6) is -2.17. The number of esters is 1. The maximum absolute atomic E-state index is 12.3. The SMILES string of the molecule is O=C(COC(=O)c1cc([N+](=O)[O-])ccc1Cl)Nc1ccccc1OC(F)F. The average Bonchev–Trinajstić information content (AvgIpc) is 2.61. The Bertz CT molecular complexity index is 878. The Morgan fingerprint density at radius 2 is 1.93 bits per heavy atom. The molecule has 0 aliphatic heterocycles. The van der Waals surface area contributed by atoms with Gasteiger partial charge in [0.1, 0.15) is 5.75 Å². The molecule has 0 saturated carbocycles. The number of carbonyl (C=O) groups excluding carboxylic acids is 2. The zero-order valence-corrected chi connectivity index (χ0v) is 14.1. The lowest BCUT2D eigenvalue weighted by atomic mass is 10.2. The molecule has 2 aromatic rings. The van der Waals surface area contributed by atoms with E-state index in [0.29, 0.717) is 0 Å². The number of nitro groups is 1. The molecular formula is C16H11ClF2N2O6. The first-order valence-electron chi connectivity index (χ1n) is 7.22. The number of alkyl halides is 2. The van der Waals surface area contributed by atoms with E-state index >= 15 is 0 Å². The molecule has 142 valence electrons. The van der Waals surface area contributed by atoms with Crippen molar-refractivity contribution >= 4 is 34.9 Å². The lowest BCUT2D eigenvalue weighted by Gasteiger charge is -2.12. The minimum absolute atomic E-state index is 0.0489. The maximum atomic E-state index is 12.3.